The Morgan fingerprint density at radius 2 is 2.11 bits per heavy atom. The van der Waals surface area contributed by atoms with Crippen LogP contribution in [0.2, 0.25) is 0 Å². The summed E-state index contributed by atoms with van der Waals surface area (Å²) < 4.78 is 19.1. The van der Waals surface area contributed by atoms with Crippen molar-refractivity contribution in [3.63, 3.8) is 0 Å². The highest BCUT2D eigenvalue weighted by atomic mass is 19.1. The lowest BCUT2D eigenvalue weighted by molar-refractivity contribution is 0.0347. The van der Waals surface area contributed by atoms with E-state index >= 15 is 0 Å². The largest absolute Gasteiger partial charge is 0.383 e. The summed E-state index contributed by atoms with van der Waals surface area (Å²) in [6.45, 7) is 1.29. The van der Waals surface area contributed by atoms with Gasteiger partial charge in [0.15, 0.2) is 0 Å². The van der Waals surface area contributed by atoms with Gasteiger partial charge in [0.05, 0.1) is 18.3 Å². The summed E-state index contributed by atoms with van der Waals surface area (Å²) >= 11 is 0. The summed E-state index contributed by atoms with van der Waals surface area (Å²) in [5.41, 5.74) is 0.757. The number of hydrogen-bond donors (Lipinski definition) is 1. The van der Waals surface area contributed by atoms with E-state index in [-0.39, 0.29) is 5.56 Å². The van der Waals surface area contributed by atoms with Gasteiger partial charge >= 0.3 is 0 Å². The maximum absolute atomic E-state index is 13.4. The first-order chi connectivity index (χ1) is 9.29. The molecule has 0 aromatic heterocycles. The molecule has 4 heteroatoms. The highest BCUT2D eigenvalue weighted by Crippen LogP contribution is 2.20. The molecule has 2 rings (SSSR count). The van der Waals surface area contributed by atoms with Crippen LogP contribution in [-0.2, 0) is 4.74 Å². The van der Waals surface area contributed by atoms with E-state index in [1.807, 2.05) is 0 Å². The number of ether oxygens (including phenoxy) is 1. The molecule has 0 amide bonds. The van der Waals surface area contributed by atoms with Crippen molar-refractivity contribution in [2.45, 2.75) is 38.2 Å². The Bertz CT molecular complexity index is 450. The van der Waals surface area contributed by atoms with Crippen LogP contribution in [0.25, 0.3) is 0 Å². The average Bonchev–Trinajstić information content (AvgIpc) is 2.45. The Morgan fingerprint density at radius 3 is 2.79 bits per heavy atom. The molecule has 1 aromatic carbocycles. The molecule has 1 aliphatic rings. The van der Waals surface area contributed by atoms with Gasteiger partial charge in [-0.2, -0.15) is 5.26 Å². The zero-order chi connectivity index (χ0) is 13.5. The standard InChI is InChI=1S/C15H19FN2O/c16-15-10-13(7-6-12(15)11-17)18-8-9-19-14-4-2-1-3-5-14/h6-7,10,14,18H,1-5,8-9H2. The summed E-state index contributed by atoms with van der Waals surface area (Å²) in [5, 5.41) is 11.7. The van der Waals surface area contributed by atoms with Gasteiger partial charge in [-0.3, -0.25) is 0 Å². The molecule has 1 aromatic rings. The topological polar surface area (TPSA) is 45.0 Å². The molecule has 0 radical (unpaired) electrons. The molecule has 0 unspecified atom stereocenters. The molecule has 19 heavy (non-hydrogen) atoms. The Kier molecular flexibility index (Phi) is 5.17. The van der Waals surface area contributed by atoms with Crippen molar-refractivity contribution in [1.82, 2.24) is 0 Å². The first-order valence-electron chi connectivity index (χ1n) is 6.85. The second-order valence-electron chi connectivity index (χ2n) is 4.86. The molecule has 0 spiro atoms. The quantitative estimate of drug-likeness (QED) is 0.826. The van der Waals surface area contributed by atoms with Crippen molar-refractivity contribution in [2.75, 3.05) is 18.5 Å². The molecule has 0 heterocycles. The average molecular weight is 262 g/mol. The molecule has 1 aliphatic carbocycles. The first kappa shape index (κ1) is 13.8. The summed E-state index contributed by atoms with van der Waals surface area (Å²) in [4.78, 5) is 0. The van der Waals surface area contributed by atoms with Crippen LogP contribution < -0.4 is 5.32 Å². The van der Waals surface area contributed by atoms with Gasteiger partial charge in [-0.1, -0.05) is 19.3 Å². The normalized spacial score (nSPS) is 16.0. The molecule has 1 fully saturated rings. The van der Waals surface area contributed by atoms with Gasteiger partial charge < -0.3 is 10.1 Å². The lowest BCUT2D eigenvalue weighted by Crippen LogP contribution is -2.20. The van der Waals surface area contributed by atoms with Crippen LogP contribution in [0.4, 0.5) is 10.1 Å². The molecule has 102 valence electrons. The minimum atomic E-state index is -0.485. The zero-order valence-corrected chi connectivity index (χ0v) is 11.0. The highest BCUT2D eigenvalue weighted by Gasteiger charge is 2.12. The third kappa shape index (κ3) is 4.22. The summed E-state index contributed by atoms with van der Waals surface area (Å²) in [6.07, 6.45) is 6.56. The van der Waals surface area contributed by atoms with Gasteiger partial charge in [0, 0.05) is 12.2 Å². The fourth-order valence-corrected chi connectivity index (χ4v) is 2.37. The number of nitrogens with zero attached hydrogens (tertiary/aromatic N) is 1. The third-order valence-electron chi connectivity index (χ3n) is 3.43. The van der Waals surface area contributed by atoms with E-state index in [0.29, 0.717) is 24.9 Å². The molecule has 0 atom stereocenters. The fraction of sp³-hybridized carbons (Fsp3) is 0.533. The Balaban J connectivity index is 1.70. The lowest BCUT2D eigenvalue weighted by atomic mass is 9.98. The van der Waals surface area contributed by atoms with Gasteiger partial charge in [0.1, 0.15) is 11.9 Å². The molecular weight excluding hydrogens is 243 g/mol. The summed E-state index contributed by atoms with van der Waals surface area (Å²) in [5.74, 6) is -0.485. The molecule has 0 saturated heterocycles. The summed E-state index contributed by atoms with van der Waals surface area (Å²) in [7, 11) is 0. The molecule has 1 saturated carbocycles. The predicted molar refractivity (Wildman–Crippen MR) is 72.4 cm³/mol. The van der Waals surface area contributed by atoms with Gasteiger partial charge in [-0.05, 0) is 31.0 Å². The number of nitriles is 1. The fourth-order valence-electron chi connectivity index (χ4n) is 2.37. The molecule has 0 aliphatic heterocycles. The van der Waals surface area contributed by atoms with E-state index in [2.05, 4.69) is 5.32 Å². The number of rotatable bonds is 5. The van der Waals surface area contributed by atoms with Gasteiger partial charge in [0.25, 0.3) is 0 Å². The van der Waals surface area contributed by atoms with Crippen LogP contribution in [0.5, 0.6) is 0 Å². The first-order valence-corrected chi connectivity index (χ1v) is 6.85. The zero-order valence-electron chi connectivity index (χ0n) is 11.0. The van der Waals surface area contributed by atoms with Crippen LogP contribution >= 0.6 is 0 Å². The van der Waals surface area contributed by atoms with E-state index in [9.17, 15) is 4.39 Å². The number of hydrogen-bond acceptors (Lipinski definition) is 3. The van der Waals surface area contributed by atoms with Crippen LogP contribution in [0.1, 0.15) is 37.7 Å². The minimum absolute atomic E-state index is 0.0732. The second-order valence-corrected chi connectivity index (χ2v) is 4.86. The second kappa shape index (κ2) is 7.10. The van der Waals surface area contributed by atoms with Crippen molar-refractivity contribution in [3.05, 3.63) is 29.6 Å². The van der Waals surface area contributed by atoms with Crippen molar-refractivity contribution in [1.29, 1.82) is 5.26 Å². The number of nitrogens with one attached hydrogen (secondary N) is 1. The molecular formula is C15H19FN2O. The van der Waals surface area contributed by atoms with Crippen LogP contribution in [0.15, 0.2) is 18.2 Å². The number of anilines is 1. The van der Waals surface area contributed by atoms with Crippen LogP contribution in [-0.4, -0.2) is 19.3 Å². The predicted octanol–water partition coefficient (Wildman–Crippen LogP) is 3.46. The van der Waals surface area contributed by atoms with Crippen molar-refractivity contribution < 1.29 is 9.13 Å². The van der Waals surface area contributed by atoms with E-state index in [4.69, 9.17) is 10.00 Å². The van der Waals surface area contributed by atoms with Crippen molar-refractivity contribution >= 4 is 5.69 Å². The highest BCUT2D eigenvalue weighted by molar-refractivity contribution is 5.48. The Morgan fingerprint density at radius 1 is 1.32 bits per heavy atom. The Hall–Kier alpha value is -1.60. The molecule has 3 nitrogen and oxygen atoms in total. The van der Waals surface area contributed by atoms with Gasteiger partial charge in [-0.25, -0.2) is 4.39 Å². The lowest BCUT2D eigenvalue weighted by Gasteiger charge is -2.22. The number of halogens is 1. The SMILES string of the molecule is N#Cc1ccc(NCCOC2CCCCC2)cc1F. The maximum atomic E-state index is 13.4. The van der Waals surface area contributed by atoms with Gasteiger partial charge in [-0.15, -0.1) is 0 Å². The van der Waals surface area contributed by atoms with Crippen LogP contribution in [0, 0.1) is 17.1 Å². The third-order valence-corrected chi connectivity index (χ3v) is 3.43. The van der Waals surface area contributed by atoms with Crippen molar-refractivity contribution in [2.24, 2.45) is 0 Å². The van der Waals surface area contributed by atoms with E-state index in [1.54, 1.807) is 12.1 Å². The molecule has 1 N–H and O–H groups in total. The minimum Gasteiger partial charge on any atom is -0.383 e. The van der Waals surface area contributed by atoms with Gasteiger partial charge in [0.2, 0.25) is 0 Å². The number of benzene rings is 1. The van der Waals surface area contributed by atoms with Crippen LogP contribution in [0.3, 0.4) is 0 Å². The molecule has 0 bridgehead atoms. The van der Waals surface area contributed by atoms with Crippen molar-refractivity contribution in [3.8, 4) is 6.07 Å². The van der Waals surface area contributed by atoms with E-state index in [1.165, 1.54) is 31.4 Å². The Labute approximate surface area is 113 Å². The smallest absolute Gasteiger partial charge is 0.143 e. The summed E-state index contributed by atoms with van der Waals surface area (Å²) in [6, 6.07) is 6.35. The van der Waals surface area contributed by atoms with E-state index < -0.39 is 5.82 Å². The monoisotopic (exact) mass is 262 g/mol. The maximum Gasteiger partial charge on any atom is 0.143 e. The van der Waals surface area contributed by atoms with E-state index in [0.717, 1.165) is 12.8 Å².